The Hall–Kier alpha value is -0.320. The van der Waals surface area contributed by atoms with Gasteiger partial charge in [0.05, 0.1) is 6.04 Å². The molecular formula is C12H19BrN2O. The van der Waals surface area contributed by atoms with Crippen LogP contribution < -0.4 is 5.73 Å². The standard InChI is InChI=1S/C12H19BrN2O/c1-2-7-15(9-3-4-9)10(8-14)11-5-6-12(13)16-11/h5-6,9-10H,2-4,7-8,14H2,1H3. The van der Waals surface area contributed by atoms with Crippen LogP contribution in [-0.2, 0) is 0 Å². The molecule has 4 heteroatoms. The lowest BCUT2D eigenvalue weighted by atomic mass is 10.1. The summed E-state index contributed by atoms with van der Waals surface area (Å²) in [5, 5.41) is 0. The smallest absolute Gasteiger partial charge is 0.169 e. The summed E-state index contributed by atoms with van der Waals surface area (Å²) in [5.41, 5.74) is 5.89. The van der Waals surface area contributed by atoms with Gasteiger partial charge in [0.2, 0.25) is 0 Å². The van der Waals surface area contributed by atoms with Crippen molar-refractivity contribution in [1.29, 1.82) is 0 Å². The fraction of sp³-hybridized carbons (Fsp3) is 0.667. The van der Waals surface area contributed by atoms with Gasteiger partial charge in [0.25, 0.3) is 0 Å². The maximum Gasteiger partial charge on any atom is 0.169 e. The molecule has 1 heterocycles. The Bertz CT molecular complexity index is 336. The zero-order chi connectivity index (χ0) is 11.5. The maximum absolute atomic E-state index is 5.89. The number of rotatable bonds is 6. The van der Waals surface area contributed by atoms with E-state index in [1.54, 1.807) is 0 Å². The number of hydrogen-bond acceptors (Lipinski definition) is 3. The van der Waals surface area contributed by atoms with Crippen LogP contribution in [0.3, 0.4) is 0 Å². The van der Waals surface area contributed by atoms with Gasteiger partial charge in [-0.05, 0) is 53.9 Å². The molecular weight excluding hydrogens is 268 g/mol. The molecule has 0 amide bonds. The molecule has 1 saturated carbocycles. The van der Waals surface area contributed by atoms with Crippen molar-refractivity contribution in [2.24, 2.45) is 5.73 Å². The topological polar surface area (TPSA) is 42.4 Å². The van der Waals surface area contributed by atoms with E-state index in [1.807, 2.05) is 12.1 Å². The van der Waals surface area contributed by atoms with Gasteiger partial charge in [0, 0.05) is 12.6 Å². The Kier molecular flexibility index (Phi) is 4.05. The quantitative estimate of drug-likeness (QED) is 0.874. The highest BCUT2D eigenvalue weighted by Gasteiger charge is 2.34. The first kappa shape index (κ1) is 12.1. The molecule has 1 aliphatic rings. The molecule has 0 radical (unpaired) electrons. The summed E-state index contributed by atoms with van der Waals surface area (Å²) in [5.74, 6) is 0.981. The van der Waals surface area contributed by atoms with Gasteiger partial charge in [-0.1, -0.05) is 6.92 Å². The molecule has 0 bridgehead atoms. The summed E-state index contributed by atoms with van der Waals surface area (Å²) in [6.07, 6.45) is 3.77. The van der Waals surface area contributed by atoms with Crippen LogP contribution in [0, 0.1) is 0 Å². The van der Waals surface area contributed by atoms with Crippen molar-refractivity contribution in [2.75, 3.05) is 13.1 Å². The van der Waals surface area contributed by atoms with E-state index in [9.17, 15) is 0 Å². The normalized spacial score (nSPS) is 18.0. The number of nitrogens with two attached hydrogens (primary N) is 1. The van der Waals surface area contributed by atoms with Crippen LogP contribution in [0.4, 0.5) is 0 Å². The molecule has 1 atom stereocenters. The molecule has 90 valence electrons. The van der Waals surface area contributed by atoms with E-state index in [0.717, 1.165) is 29.4 Å². The summed E-state index contributed by atoms with van der Waals surface area (Å²) in [6, 6.07) is 4.91. The molecule has 0 aliphatic heterocycles. The van der Waals surface area contributed by atoms with E-state index in [2.05, 4.69) is 27.8 Å². The van der Waals surface area contributed by atoms with Gasteiger partial charge in [0.1, 0.15) is 5.76 Å². The fourth-order valence-corrected chi connectivity index (χ4v) is 2.50. The van der Waals surface area contributed by atoms with Gasteiger partial charge >= 0.3 is 0 Å². The summed E-state index contributed by atoms with van der Waals surface area (Å²) < 4.78 is 6.42. The molecule has 16 heavy (non-hydrogen) atoms. The van der Waals surface area contributed by atoms with Crippen molar-refractivity contribution in [1.82, 2.24) is 4.90 Å². The minimum Gasteiger partial charge on any atom is -0.453 e. The fourth-order valence-electron chi connectivity index (χ4n) is 2.18. The minimum atomic E-state index is 0.235. The lowest BCUT2D eigenvalue weighted by molar-refractivity contribution is 0.168. The molecule has 0 saturated heterocycles. The second kappa shape index (κ2) is 5.34. The molecule has 1 fully saturated rings. The highest BCUT2D eigenvalue weighted by atomic mass is 79.9. The van der Waals surface area contributed by atoms with E-state index in [4.69, 9.17) is 10.2 Å². The number of furan rings is 1. The van der Waals surface area contributed by atoms with Crippen LogP contribution in [0.1, 0.15) is 38.0 Å². The Labute approximate surface area is 105 Å². The molecule has 3 nitrogen and oxygen atoms in total. The zero-order valence-electron chi connectivity index (χ0n) is 9.66. The lowest BCUT2D eigenvalue weighted by Gasteiger charge is -2.29. The first-order valence-electron chi connectivity index (χ1n) is 5.97. The van der Waals surface area contributed by atoms with Crippen LogP contribution in [0.2, 0.25) is 0 Å². The van der Waals surface area contributed by atoms with E-state index in [-0.39, 0.29) is 6.04 Å². The number of halogens is 1. The summed E-state index contributed by atoms with van der Waals surface area (Å²) in [4.78, 5) is 2.49. The van der Waals surface area contributed by atoms with E-state index in [0.29, 0.717) is 6.54 Å². The van der Waals surface area contributed by atoms with Crippen LogP contribution in [0.15, 0.2) is 21.2 Å². The second-order valence-electron chi connectivity index (χ2n) is 4.36. The van der Waals surface area contributed by atoms with Gasteiger partial charge in [-0.3, -0.25) is 4.90 Å². The lowest BCUT2D eigenvalue weighted by Crippen LogP contribution is -2.35. The van der Waals surface area contributed by atoms with Crippen molar-refractivity contribution >= 4 is 15.9 Å². The van der Waals surface area contributed by atoms with Crippen LogP contribution in [-0.4, -0.2) is 24.0 Å². The third-order valence-electron chi connectivity index (χ3n) is 3.04. The molecule has 1 aliphatic carbocycles. The molecule has 2 rings (SSSR count). The molecule has 0 aromatic carbocycles. The number of nitrogens with zero attached hydrogens (tertiary/aromatic N) is 1. The predicted octanol–water partition coefficient (Wildman–Crippen LogP) is 2.92. The second-order valence-corrected chi connectivity index (χ2v) is 5.14. The minimum absolute atomic E-state index is 0.235. The monoisotopic (exact) mass is 286 g/mol. The SMILES string of the molecule is CCCN(C1CC1)C(CN)c1ccc(Br)o1. The maximum atomic E-state index is 5.89. The summed E-state index contributed by atoms with van der Waals surface area (Å²) >= 11 is 3.34. The van der Waals surface area contributed by atoms with Crippen molar-refractivity contribution in [3.63, 3.8) is 0 Å². The van der Waals surface area contributed by atoms with Crippen molar-refractivity contribution in [3.05, 3.63) is 22.6 Å². The molecule has 1 unspecified atom stereocenters. The van der Waals surface area contributed by atoms with Crippen LogP contribution in [0.5, 0.6) is 0 Å². The summed E-state index contributed by atoms with van der Waals surface area (Å²) in [7, 11) is 0. The molecule has 2 N–H and O–H groups in total. The van der Waals surface area contributed by atoms with Crippen molar-refractivity contribution < 1.29 is 4.42 Å². The van der Waals surface area contributed by atoms with E-state index in [1.165, 1.54) is 12.8 Å². The molecule has 0 spiro atoms. The summed E-state index contributed by atoms with van der Waals surface area (Å²) in [6.45, 7) is 3.93. The Balaban J connectivity index is 2.12. The molecule has 1 aromatic heterocycles. The average molecular weight is 287 g/mol. The van der Waals surface area contributed by atoms with Gasteiger partial charge in [0.15, 0.2) is 4.67 Å². The third kappa shape index (κ3) is 2.67. The Morgan fingerprint density at radius 2 is 2.31 bits per heavy atom. The Morgan fingerprint density at radius 1 is 1.56 bits per heavy atom. The van der Waals surface area contributed by atoms with E-state index >= 15 is 0 Å². The highest BCUT2D eigenvalue weighted by molar-refractivity contribution is 9.10. The van der Waals surface area contributed by atoms with Crippen molar-refractivity contribution in [3.8, 4) is 0 Å². The van der Waals surface area contributed by atoms with Gasteiger partial charge in [-0.2, -0.15) is 0 Å². The van der Waals surface area contributed by atoms with Gasteiger partial charge in [-0.25, -0.2) is 0 Å². The van der Waals surface area contributed by atoms with Crippen LogP contribution in [0.25, 0.3) is 0 Å². The van der Waals surface area contributed by atoms with E-state index < -0.39 is 0 Å². The first-order chi connectivity index (χ1) is 7.76. The largest absolute Gasteiger partial charge is 0.453 e. The van der Waals surface area contributed by atoms with Crippen LogP contribution >= 0.6 is 15.9 Å². The predicted molar refractivity (Wildman–Crippen MR) is 68.2 cm³/mol. The first-order valence-corrected chi connectivity index (χ1v) is 6.76. The average Bonchev–Trinajstić information content (AvgIpc) is 3.02. The number of hydrogen-bond donors (Lipinski definition) is 1. The zero-order valence-corrected chi connectivity index (χ0v) is 11.2. The Morgan fingerprint density at radius 3 is 2.75 bits per heavy atom. The van der Waals surface area contributed by atoms with Crippen molar-refractivity contribution in [2.45, 2.75) is 38.3 Å². The molecule has 1 aromatic rings. The van der Waals surface area contributed by atoms with Gasteiger partial charge < -0.3 is 10.2 Å². The highest BCUT2D eigenvalue weighted by Crippen LogP contribution is 2.35. The third-order valence-corrected chi connectivity index (χ3v) is 3.47. The van der Waals surface area contributed by atoms with Gasteiger partial charge in [-0.15, -0.1) is 0 Å².